The zero-order chi connectivity index (χ0) is 16.7. The van der Waals surface area contributed by atoms with Gasteiger partial charge >= 0.3 is 0 Å². The lowest BCUT2D eigenvalue weighted by atomic mass is 9.84. The summed E-state index contributed by atoms with van der Waals surface area (Å²) in [5, 5.41) is 12.9. The molecule has 0 aromatic heterocycles. The summed E-state index contributed by atoms with van der Waals surface area (Å²) >= 11 is 0. The fraction of sp³-hybridized carbons (Fsp3) is 0.632. The van der Waals surface area contributed by atoms with Crippen LogP contribution in [0.3, 0.4) is 0 Å². The van der Waals surface area contributed by atoms with Gasteiger partial charge in [-0.25, -0.2) is 0 Å². The highest BCUT2D eigenvalue weighted by Gasteiger charge is 2.26. The summed E-state index contributed by atoms with van der Waals surface area (Å²) in [6.07, 6.45) is 6.55. The van der Waals surface area contributed by atoms with Crippen LogP contribution in [0.2, 0.25) is 0 Å². The number of aryl methyl sites for hydroxylation is 1. The largest absolute Gasteiger partial charge is 0.382 e. The van der Waals surface area contributed by atoms with E-state index < -0.39 is 12.1 Å². The van der Waals surface area contributed by atoms with Gasteiger partial charge < -0.3 is 16.2 Å². The molecule has 4 N–H and O–H groups in total. The Bertz CT molecular complexity index is 487. The summed E-state index contributed by atoms with van der Waals surface area (Å²) in [5.74, 6) is 0.217. The Hall–Kier alpha value is -1.10. The molecule has 1 aromatic rings. The number of rotatable bonds is 7. The Morgan fingerprint density at radius 3 is 2.50 bits per heavy atom. The van der Waals surface area contributed by atoms with Gasteiger partial charge in [0.2, 0.25) is 5.91 Å². The van der Waals surface area contributed by atoms with Crippen molar-refractivity contribution in [2.75, 3.05) is 6.54 Å². The first-order valence-electron chi connectivity index (χ1n) is 8.83. The van der Waals surface area contributed by atoms with E-state index in [1.54, 1.807) is 0 Å². The van der Waals surface area contributed by atoms with Crippen molar-refractivity contribution in [3.05, 3.63) is 35.4 Å². The number of amides is 1. The van der Waals surface area contributed by atoms with E-state index in [1.807, 2.05) is 0 Å². The molecule has 1 amide bonds. The summed E-state index contributed by atoms with van der Waals surface area (Å²) in [6.45, 7) is 2.57. The van der Waals surface area contributed by atoms with Crippen molar-refractivity contribution in [2.24, 2.45) is 11.7 Å². The molecule has 0 aliphatic heterocycles. The van der Waals surface area contributed by atoms with Crippen LogP contribution in [0.15, 0.2) is 24.3 Å². The average Bonchev–Trinajstić information content (AvgIpc) is 2.56. The Balaban J connectivity index is 0.00000288. The van der Waals surface area contributed by atoms with Crippen molar-refractivity contribution in [2.45, 2.75) is 64.0 Å². The first-order chi connectivity index (χ1) is 11.1. The Morgan fingerprint density at radius 2 is 1.88 bits per heavy atom. The predicted molar refractivity (Wildman–Crippen MR) is 100 cm³/mol. The van der Waals surface area contributed by atoms with E-state index >= 15 is 0 Å². The summed E-state index contributed by atoms with van der Waals surface area (Å²) in [4.78, 5) is 12.0. The molecule has 1 aromatic carbocycles. The average molecular weight is 355 g/mol. The molecule has 0 radical (unpaired) electrons. The number of carbonyl (C=O) groups is 1. The third kappa shape index (κ3) is 6.80. The minimum Gasteiger partial charge on any atom is -0.382 e. The van der Waals surface area contributed by atoms with Crippen LogP contribution >= 0.6 is 12.4 Å². The molecule has 1 fully saturated rings. The van der Waals surface area contributed by atoms with Crippen molar-refractivity contribution < 1.29 is 9.90 Å². The molecule has 136 valence electrons. The van der Waals surface area contributed by atoms with E-state index in [9.17, 15) is 9.90 Å². The quantitative estimate of drug-likeness (QED) is 0.704. The number of hydrogen-bond donors (Lipinski definition) is 3. The maximum Gasteiger partial charge on any atom is 0.250 e. The van der Waals surface area contributed by atoms with Crippen molar-refractivity contribution in [1.29, 1.82) is 0 Å². The number of benzene rings is 1. The third-order valence-electron chi connectivity index (χ3n) is 4.84. The van der Waals surface area contributed by atoms with Gasteiger partial charge in [-0.1, -0.05) is 61.9 Å². The lowest BCUT2D eigenvalue weighted by Gasteiger charge is -2.26. The van der Waals surface area contributed by atoms with Gasteiger partial charge in [-0.05, 0) is 31.2 Å². The Morgan fingerprint density at radius 1 is 1.25 bits per heavy atom. The summed E-state index contributed by atoms with van der Waals surface area (Å²) in [6, 6.07) is 7.79. The van der Waals surface area contributed by atoms with E-state index in [4.69, 9.17) is 5.73 Å². The number of nitrogens with two attached hydrogens (primary N) is 1. The smallest absolute Gasteiger partial charge is 0.250 e. The van der Waals surface area contributed by atoms with Crippen LogP contribution in [0.4, 0.5) is 0 Å². The molecule has 0 spiro atoms. The maximum atomic E-state index is 12.0. The number of aliphatic hydroxyl groups is 1. The SMILES string of the molecule is Cc1ccc(CCNC(=O)C(O)[C@H](N)CC2CCCCC2)cc1.Cl. The maximum absolute atomic E-state index is 12.0. The molecule has 0 saturated heterocycles. The van der Waals surface area contributed by atoms with Crippen LogP contribution in [0.1, 0.15) is 49.7 Å². The zero-order valence-electron chi connectivity index (χ0n) is 14.5. The molecule has 0 heterocycles. The van der Waals surface area contributed by atoms with Gasteiger partial charge in [0.15, 0.2) is 0 Å². The van der Waals surface area contributed by atoms with Gasteiger partial charge in [0.25, 0.3) is 0 Å². The molecule has 1 unspecified atom stereocenters. The first kappa shape index (κ1) is 20.9. The van der Waals surface area contributed by atoms with Crippen molar-refractivity contribution in [1.82, 2.24) is 5.32 Å². The molecule has 24 heavy (non-hydrogen) atoms. The number of aliphatic hydroxyl groups excluding tert-OH is 1. The first-order valence-corrected chi connectivity index (χ1v) is 8.83. The van der Waals surface area contributed by atoms with Crippen LogP contribution in [0.5, 0.6) is 0 Å². The van der Waals surface area contributed by atoms with Gasteiger partial charge in [-0.2, -0.15) is 0 Å². The third-order valence-corrected chi connectivity index (χ3v) is 4.84. The second-order valence-corrected chi connectivity index (χ2v) is 6.88. The fourth-order valence-electron chi connectivity index (χ4n) is 3.32. The molecular formula is C19H31ClN2O2. The number of carbonyl (C=O) groups excluding carboxylic acids is 1. The van der Waals surface area contributed by atoms with Gasteiger partial charge in [0.05, 0.1) is 0 Å². The van der Waals surface area contributed by atoms with Crippen LogP contribution in [0, 0.1) is 12.8 Å². The van der Waals surface area contributed by atoms with E-state index in [0.29, 0.717) is 12.5 Å². The van der Waals surface area contributed by atoms with E-state index in [-0.39, 0.29) is 18.3 Å². The fourth-order valence-corrected chi connectivity index (χ4v) is 3.32. The number of halogens is 1. The minimum atomic E-state index is -1.10. The predicted octanol–water partition coefficient (Wildman–Crippen LogP) is 2.73. The van der Waals surface area contributed by atoms with Crippen molar-refractivity contribution >= 4 is 18.3 Å². The van der Waals surface area contributed by atoms with Crippen LogP contribution in [-0.2, 0) is 11.2 Å². The van der Waals surface area contributed by atoms with Crippen molar-refractivity contribution in [3.8, 4) is 0 Å². The molecule has 1 saturated carbocycles. The summed E-state index contributed by atoms with van der Waals surface area (Å²) in [7, 11) is 0. The van der Waals surface area contributed by atoms with Crippen molar-refractivity contribution in [3.63, 3.8) is 0 Å². The van der Waals surface area contributed by atoms with Gasteiger partial charge in [-0.3, -0.25) is 4.79 Å². The molecule has 1 aliphatic rings. The number of nitrogens with one attached hydrogen (secondary N) is 1. The summed E-state index contributed by atoms with van der Waals surface area (Å²) < 4.78 is 0. The lowest BCUT2D eigenvalue weighted by molar-refractivity contribution is -0.130. The highest BCUT2D eigenvalue weighted by Crippen LogP contribution is 2.27. The van der Waals surface area contributed by atoms with Gasteiger partial charge in [0, 0.05) is 12.6 Å². The minimum absolute atomic E-state index is 0. The van der Waals surface area contributed by atoms with Crippen LogP contribution in [0.25, 0.3) is 0 Å². The molecule has 2 rings (SSSR count). The van der Waals surface area contributed by atoms with Crippen LogP contribution in [-0.4, -0.2) is 29.7 Å². The topological polar surface area (TPSA) is 75.3 Å². The molecule has 2 atom stereocenters. The van der Waals surface area contributed by atoms with Crippen LogP contribution < -0.4 is 11.1 Å². The van der Waals surface area contributed by atoms with E-state index in [0.717, 1.165) is 12.8 Å². The Kier molecular flexibility index (Phi) is 9.34. The highest BCUT2D eigenvalue weighted by molar-refractivity contribution is 5.85. The van der Waals surface area contributed by atoms with E-state index in [1.165, 1.54) is 43.2 Å². The molecule has 5 heteroatoms. The monoisotopic (exact) mass is 354 g/mol. The number of hydrogen-bond acceptors (Lipinski definition) is 3. The molecular weight excluding hydrogens is 324 g/mol. The molecule has 0 bridgehead atoms. The molecule has 4 nitrogen and oxygen atoms in total. The van der Waals surface area contributed by atoms with Gasteiger partial charge in [-0.15, -0.1) is 12.4 Å². The highest BCUT2D eigenvalue weighted by atomic mass is 35.5. The second kappa shape index (κ2) is 10.7. The van der Waals surface area contributed by atoms with E-state index in [2.05, 4.69) is 36.5 Å². The molecule has 1 aliphatic carbocycles. The lowest BCUT2D eigenvalue weighted by Crippen LogP contribution is -2.47. The normalized spacial score (nSPS) is 17.6. The zero-order valence-corrected chi connectivity index (χ0v) is 15.4. The standard InChI is InChI=1S/C19H30N2O2.ClH/c1-14-7-9-15(10-8-14)11-12-21-19(23)18(22)17(20)13-16-5-3-2-4-6-16;/h7-10,16-18,22H,2-6,11-13,20H2,1H3,(H,21,23);1H/t17-,18?;/m1./s1. The second-order valence-electron chi connectivity index (χ2n) is 6.88. The summed E-state index contributed by atoms with van der Waals surface area (Å²) in [5.41, 5.74) is 8.44. The Labute approximate surface area is 151 Å². The van der Waals surface area contributed by atoms with Gasteiger partial charge in [0.1, 0.15) is 6.10 Å².